The van der Waals surface area contributed by atoms with Crippen molar-refractivity contribution in [1.82, 2.24) is 4.90 Å². The maximum atomic E-state index is 12.7. The number of ether oxygens (including phenoxy) is 1. The van der Waals surface area contributed by atoms with Gasteiger partial charge in [-0.25, -0.2) is 0 Å². The van der Waals surface area contributed by atoms with Gasteiger partial charge in [-0.2, -0.15) is 0 Å². The molecule has 1 atom stereocenters. The van der Waals surface area contributed by atoms with Gasteiger partial charge in [0.25, 0.3) is 0 Å². The average Bonchev–Trinajstić information content (AvgIpc) is 3.36. The summed E-state index contributed by atoms with van der Waals surface area (Å²) >= 11 is 0. The van der Waals surface area contributed by atoms with Crippen LogP contribution in [-0.2, 0) is 5.41 Å². The minimum Gasteiger partial charge on any atom is -0.497 e. The number of rotatable bonds is 6. The van der Waals surface area contributed by atoms with Gasteiger partial charge in [0, 0.05) is 37.7 Å². The fraction of sp³-hybridized carbons (Fsp3) is 0.567. The van der Waals surface area contributed by atoms with Gasteiger partial charge in [0.05, 0.1) is 30.1 Å². The molecule has 5 nitrogen and oxygen atoms in total. The summed E-state index contributed by atoms with van der Waals surface area (Å²) in [6.45, 7) is 10.9. The number of likely N-dealkylation sites (tertiary alicyclic amines) is 1. The summed E-state index contributed by atoms with van der Waals surface area (Å²) in [4.78, 5) is 17.9. The maximum absolute atomic E-state index is 12.7. The predicted octanol–water partition coefficient (Wildman–Crippen LogP) is 5.88. The van der Waals surface area contributed by atoms with Crippen molar-refractivity contribution < 1.29 is 9.53 Å². The number of fused-ring (bicyclic) bond motifs is 4. The quantitative estimate of drug-likeness (QED) is 0.528. The Morgan fingerprint density at radius 2 is 1.83 bits per heavy atom. The maximum Gasteiger partial charge on any atom is 0.162 e. The Balaban J connectivity index is 1.16. The Hall–Kier alpha value is -2.53. The lowest BCUT2D eigenvalue weighted by molar-refractivity contribution is 0.0967. The fourth-order valence-corrected chi connectivity index (χ4v) is 6.37. The SMILES string of the molecule is COc1ccc2c(c1)NC1(CCN(CCCC(=O)c3ccc(C(C)(C)C)cc3)CC1)C1CCCN21. The summed E-state index contributed by atoms with van der Waals surface area (Å²) in [5, 5.41) is 3.99. The number of carbonyl (C=O) groups is 1. The summed E-state index contributed by atoms with van der Waals surface area (Å²) in [5.41, 5.74) is 4.92. The zero-order valence-corrected chi connectivity index (χ0v) is 21.9. The number of piperidine rings is 1. The molecule has 5 rings (SSSR count). The van der Waals surface area contributed by atoms with Gasteiger partial charge < -0.3 is 19.9 Å². The molecule has 3 aliphatic heterocycles. The number of carbonyl (C=O) groups excluding carboxylic acids is 1. The summed E-state index contributed by atoms with van der Waals surface area (Å²) in [5.74, 6) is 1.18. The van der Waals surface area contributed by atoms with E-state index < -0.39 is 0 Å². The molecule has 2 aromatic carbocycles. The number of methoxy groups -OCH3 is 1. The molecular weight excluding hydrogens is 434 g/mol. The standard InChI is InChI=1S/C30H41N3O2/c1-29(2,3)23-11-9-22(10-12-23)27(34)7-5-17-32-19-15-30(16-20-32)28-8-6-18-33(28)26-14-13-24(35-4)21-25(26)31-30/h9-14,21,28,31H,5-8,15-20H2,1-4H3. The Kier molecular flexibility index (Phi) is 6.56. The summed E-state index contributed by atoms with van der Waals surface area (Å²) < 4.78 is 5.51. The van der Waals surface area contributed by atoms with Crippen molar-refractivity contribution in [3.8, 4) is 5.75 Å². The number of hydrogen-bond donors (Lipinski definition) is 1. The van der Waals surface area contributed by atoms with E-state index in [4.69, 9.17) is 4.74 Å². The van der Waals surface area contributed by atoms with Gasteiger partial charge in [-0.05, 0) is 61.8 Å². The van der Waals surface area contributed by atoms with Gasteiger partial charge in [-0.15, -0.1) is 0 Å². The van der Waals surface area contributed by atoms with Gasteiger partial charge in [-0.3, -0.25) is 4.79 Å². The molecule has 188 valence electrons. The highest BCUT2D eigenvalue weighted by atomic mass is 16.5. The van der Waals surface area contributed by atoms with Crippen molar-refractivity contribution >= 4 is 17.2 Å². The van der Waals surface area contributed by atoms with Crippen LogP contribution in [0, 0.1) is 0 Å². The van der Waals surface area contributed by atoms with Gasteiger partial charge >= 0.3 is 0 Å². The largest absolute Gasteiger partial charge is 0.497 e. The second-order valence-corrected chi connectivity index (χ2v) is 11.7. The van der Waals surface area contributed by atoms with Crippen LogP contribution in [0.4, 0.5) is 11.4 Å². The Morgan fingerprint density at radius 3 is 2.51 bits per heavy atom. The van der Waals surface area contributed by atoms with Crippen molar-refractivity contribution in [2.24, 2.45) is 0 Å². The van der Waals surface area contributed by atoms with Crippen molar-refractivity contribution in [2.75, 3.05) is 43.5 Å². The van der Waals surface area contributed by atoms with Crippen LogP contribution < -0.4 is 15.0 Å². The number of nitrogens with zero attached hydrogens (tertiary/aromatic N) is 2. The van der Waals surface area contributed by atoms with Gasteiger partial charge in [0.2, 0.25) is 0 Å². The van der Waals surface area contributed by atoms with E-state index in [0.29, 0.717) is 12.5 Å². The first kappa shape index (κ1) is 24.2. The predicted molar refractivity (Wildman–Crippen MR) is 144 cm³/mol. The van der Waals surface area contributed by atoms with Crippen LogP contribution in [-0.4, -0.2) is 55.6 Å². The minimum absolute atomic E-state index is 0.115. The molecule has 3 heterocycles. The first-order chi connectivity index (χ1) is 16.8. The van der Waals surface area contributed by atoms with E-state index in [0.717, 1.165) is 56.8 Å². The molecule has 5 heteroatoms. The molecule has 3 aliphatic rings. The van der Waals surface area contributed by atoms with E-state index in [2.05, 4.69) is 66.2 Å². The zero-order valence-electron chi connectivity index (χ0n) is 21.9. The molecule has 0 radical (unpaired) electrons. The minimum atomic E-state index is 0.115. The van der Waals surface area contributed by atoms with Crippen molar-refractivity contribution in [3.05, 3.63) is 53.6 Å². The van der Waals surface area contributed by atoms with Crippen LogP contribution >= 0.6 is 0 Å². The van der Waals surface area contributed by atoms with Crippen LogP contribution in [0.2, 0.25) is 0 Å². The van der Waals surface area contributed by atoms with Crippen LogP contribution in [0.25, 0.3) is 0 Å². The summed E-state index contributed by atoms with van der Waals surface area (Å²) in [6, 6.07) is 15.3. The number of ketones is 1. The molecule has 0 aliphatic carbocycles. The number of hydrogen-bond acceptors (Lipinski definition) is 5. The number of anilines is 2. The smallest absolute Gasteiger partial charge is 0.162 e. The van der Waals surface area contributed by atoms with E-state index in [9.17, 15) is 4.79 Å². The molecule has 35 heavy (non-hydrogen) atoms. The lowest BCUT2D eigenvalue weighted by atomic mass is 9.77. The Bertz CT molecular complexity index is 1050. The van der Waals surface area contributed by atoms with Gasteiger partial charge in [0.1, 0.15) is 5.75 Å². The van der Waals surface area contributed by atoms with Crippen LogP contribution in [0.5, 0.6) is 5.75 Å². The number of benzene rings is 2. The molecule has 0 aromatic heterocycles. The third-order valence-electron chi connectivity index (χ3n) is 8.49. The first-order valence-corrected chi connectivity index (χ1v) is 13.4. The van der Waals surface area contributed by atoms with E-state index >= 15 is 0 Å². The molecule has 2 aromatic rings. The topological polar surface area (TPSA) is 44.8 Å². The highest BCUT2D eigenvalue weighted by Crippen LogP contribution is 2.47. The van der Waals surface area contributed by atoms with E-state index in [-0.39, 0.29) is 16.7 Å². The van der Waals surface area contributed by atoms with E-state index in [1.807, 2.05) is 12.1 Å². The second kappa shape index (κ2) is 9.50. The summed E-state index contributed by atoms with van der Waals surface area (Å²) in [6.07, 6.45) is 6.37. The molecule has 0 saturated carbocycles. The lowest BCUT2D eigenvalue weighted by Crippen LogP contribution is -2.62. The van der Waals surface area contributed by atoms with Crippen LogP contribution in [0.1, 0.15) is 75.2 Å². The molecule has 2 fully saturated rings. The Labute approximate surface area is 210 Å². The zero-order chi connectivity index (χ0) is 24.6. The number of nitrogens with one attached hydrogen (secondary N) is 1. The van der Waals surface area contributed by atoms with Crippen molar-refractivity contribution in [2.45, 2.75) is 76.3 Å². The molecular formula is C30H41N3O2. The molecule has 1 spiro atoms. The Morgan fingerprint density at radius 1 is 1.09 bits per heavy atom. The van der Waals surface area contributed by atoms with Gasteiger partial charge in [-0.1, -0.05) is 45.0 Å². The van der Waals surface area contributed by atoms with Gasteiger partial charge in [0.15, 0.2) is 5.78 Å². The molecule has 2 saturated heterocycles. The number of Topliss-reactive ketones (excluding diaryl/α,β-unsaturated/α-hetero) is 1. The summed E-state index contributed by atoms with van der Waals surface area (Å²) in [7, 11) is 1.74. The molecule has 1 N–H and O–H groups in total. The molecule has 0 bridgehead atoms. The third kappa shape index (κ3) is 4.80. The average molecular weight is 476 g/mol. The fourth-order valence-electron chi connectivity index (χ4n) is 6.37. The van der Waals surface area contributed by atoms with Crippen LogP contribution in [0.15, 0.2) is 42.5 Å². The van der Waals surface area contributed by atoms with E-state index in [1.54, 1.807) is 7.11 Å². The second-order valence-electron chi connectivity index (χ2n) is 11.7. The monoisotopic (exact) mass is 475 g/mol. The lowest BCUT2D eigenvalue weighted by Gasteiger charge is -2.53. The first-order valence-electron chi connectivity index (χ1n) is 13.4. The highest BCUT2D eigenvalue weighted by molar-refractivity contribution is 5.96. The molecule has 0 amide bonds. The van der Waals surface area contributed by atoms with Crippen LogP contribution in [0.3, 0.4) is 0 Å². The third-order valence-corrected chi connectivity index (χ3v) is 8.49. The normalized spacial score (nSPS) is 21.4. The van der Waals surface area contributed by atoms with Crippen molar-refractivity contribution in [3.63, 3.8) is 0 Å². The molecule has 1 unspecified atom stereocenters. The van der Waals surface area contributed by atoms with E-state index in [1.165, 1.54) is 29.8 Å². The van der Waals surface area contributed by atoms with Crippen molar-refractivity contribution in [1.29, 1.82) is 0 Å². The highest BCUT2D eigenvalue weighted by Gasteiger charge is 2.49.